The zero-order valence-corrected chi connectivity index (χ0v) is 14.3. The summed E-state index contributed by atoms with van der Waals surface area (Å²) in [7, 11) is 1.61. The fraction of sp³-hybridized carbons (Fsp3) is 0.529. The first-order valence-corrected chi connectivity index (χ1v) is 7.92. The third-order valence-electron chi connectivity index (χ3n) is 4.41. The van der Waals surface area contributed by atoms with Crippen LogP contribution in [0, 0.1) is 22.2 Å². The van der Waals surface area contributed by atoms with Gasteiger partial charge in [-0.3, -0.25) is 4.79 Å². The SMILES string of the molecule is COc1ccc(Br)c(CC2(C#N)CCCC(C)(C)C2=O)c1. The summed E-state index contributed by atoms with van der Waals surface area (Å²) in [4.78, 5) is 12.8. The molecule has 3 nitrogen and oxygen atoms in total. The molecule has 1 fully saturated rings. The van der Waals surface area contributed by atoms with Gasteiger partial charge in [0.15, 0.2) is 5.78 Å². The van der Waals surface area contributed by atoms with Crippen LogP contribution in [-0.4, -0.2) is 12.9 Å². The number of ether oxygens (including phenoxy) is 1. The maximum absolute atomic E-state index is 12.8. The zero-order chi connectivity index (χ0) is 15.7. The molecule has 4 heteroatoms. The van der Waals surface area contributed by atoms with Gasteiger partial charge < -0.3 is 4.74 Å². The number of methoxy groups -OCH3 is 1. The van der Waals surface area contributed by atoms with Crippen LogP contribution >= 0.6 is 15.9 Å². The van der Waals surface area contributed by atoms with Gasteiger partial charge in [0.1, 0.15) is 11.2 Å². The second-order valence-corrected chi connectivity index (χ2v) is 7.25. The first-order valence-electron chi connectivity index (χ1n) is 7.13. The van der Waals surface area contributed by atoms with Crippen LogP contribution in [0.15, 0.2) is 22.7 Å². The summed E-state index contributed by atoms with van der Waals surface area (Å²) in [5, 5.41) is 9.71. The Labute approximate surface area is 134 Å². The van der Waals surface area contributed by atoms with E-state index in [4.69, 9.17) is 4.74 Å². The van der Waals surface area contributed by atoms with E-state index in [2.05, 4.69) is 22.0 Å². The molecule has 1 atom stereocenters. The Morgan fingerprint density at radius 1 is 1.38 bits per heavy atom. The molecule has 1 saturated carbocycles. The summed E-state index contributed by atoms with van der Waals surface area (Å²) in [6, 6.07) is 7.99. The number of rotatable bonds is 3. The molecule has 0 radical (unpaired) electrons. The Morgan fingerprint density at radius 2 is 2.10 bits per heavy atom. The molecule has 112 valence electrons. The number of hydrogen-bond acceptors (Lipinski definition) is 3. The van der Waals surface area contributed by atoms with Crippen molar-refractivity contribution >= 4 is 21.7 Å². The highest BCUT2D eigenvalue weighted by atomic mass is 79.9. The molecule has 0 N–H and O–H groups in total. The molecule has 0 aromatic heterocycles. The minimum Gasteiger partial charge on any atom is -0.497 e. The van der Waals surface area contributed by atoms with Gasteiger partial charge in [-0.05, 0) is 43.0 Å². The van der Waals surface area contributed by atoms with Crippen molar-refractivity contribution in [1.29, 1.82) is 5.26 Å². The molecule has 0 aliphatic heterocycles. The smallest absolute Gasteiger partial charge is 0.158 e. The molecule has 1 aliphatic rings. The van der Waals surface area contributed by atoms with E-state index in [1.165, 1.54) is 0 Å². The first kappa shape index (κ1) is 16.0. The van der Waals surface area contributed by atoms with E-state index < -0.39 is 10.8 Å². The lowest BCUT2D eigenvalue weighted by molar-refractivity contribution is -0.138. The van der Waals surface area contributed by atoms with Gasteiger partial charge >= 0.3 is 0 Å². The summed E-state index contributed by atoms with van der Waals surface area (Å²) < 4.78 is 6.16. The third-order valence-corrected chi connectivity index (χ3v) is 5.19. The van der Waals surface area contributed by atoms with Crippen molar-refractivity contribution in [3.8, 4) is 11.8 Å². The van der Waals surface area contributed by atoms with Gasteiger partial charge in [0, 0.05) is 9.89 Å². The Balaban J connectivity index is 2.40. The van der Waals surface area contributed by atoms with Gasteiger partial charge in [0.2, 0.25) is 0 Å². The monoisotopic (exact) mass is 349 g/mol. The Hall–Kier alpha value is -1.34. The predicted octanol–water partition coefficient (Wildman–Crippen LogP) is 4.29. The van der Waals surface area contributed by atoms with Gasteiger partial charge in [-0.1, -0.05) is 36.2 Å². The van der Waals surface area contributed by atoms with Gasteiger partial charge in [-0.25, -0.2) is 0 Å². The largest absolute Gasteiger partial charge is 0.497 e. The molecule has 0 bridgehead atoms. The molecule has 1 aromatic carbocycles. The van der Waals surface area contributed by atoms with Crippen molar-refractivity contribution in [2.75, 3.05) is 7.11 Å². The number of carbonyl (C=O) groups is 1. The average molecular weight is 350 g/mol. The average Bonchev–Trinajstić information content (AvgIpc) is 2.46. The Morgan fingerprint density at radius 3 is 2.71 bits per heavy atom. The molecule has 0 spiro atoms. The molecule has 21 heavy (non-hydrogen) atoms. The molecule has 0 heterocycles. The molecule has 1 aromatic rings. The standard InChI is InChI=1S/C17H20BrNO2/c1-16(2)7-4-8-17(11-19,15(16)20)10-12-9-13(21-3)5-6-14(12)18/h5-6,9H,4,7-8,10H2,1-3H3. The van der Waals surface area contributed by atoms with Crippen molar-refractivity contribution in [3.05, 3.63) is 28.2 Å². The van der Waals surface area contributed by atoms with Gasteiger partial charge in [0.05, 0.1) is 13.2 Å². The van der Waals surface area contributed by atoms with Gasteiger partial charge in [0.25, 0.3) is 0 Å². The number of nitrogens with zero attached hydrogens (tertiary/aromatic N) is 1. The predicted molar refractivity (Wildman–Crippen MR) is 85.1 cm³/mol. The van der Waals surface area contributed by atoms with E-state index in [0.717, 1.165) is 28.6 Å². The van der Waals surface area contributed by atoms with E-state index in [0.29, 0.717) is 12.8 Å². The van der Waals surface area contributed by atoms with Crippen LogP contribution in [0.5, 0.6) is 5.75 Å². The fourth-order valence-electron chi connectivity index (χ4n) is 3.16. The summed E-state index contributed by atoms with van der Waals surface area (Å²) >= 11 is 3.51. The van der Waals surface area contributed by atoms with Crippen LogP contribution in [-0.2, 0) is 11.2 Å². The van der Waals surface area contributed by atoms with E-state index in [9.17, 15) is 10.1 Å². The fourth-order valence-corrected chi connectivity index (χ4v) is 3.55. The van der Waals surface area contributed by atoms with Gasteiger partial charge in [-0.15, -0.1) is 0 Å². The highest BCUT2D eigenvalue weighted by Crippen LogP contribution is 2.45. The number of carbonyl (C=O) groups excluding carboxylic acids is 1. The van der Waals surface area contributed by atoms with Crippen LogP contribution in [0.3, 0.4) is 0 Å². The van der Waals surface area contributed by atoms with Crippen LogP contribution in [0.1, 0.15) is 38.7 Å². The van der Waals surface area contributed by atoms with Crippen LogP contribution in [0.4, 0.5) is 0 Å². The van der Waals surface area contributed by atoms with E-state index in [1.807, 2.05) is 32.0 Å². The van der Waals surface area contributed by atoms with Crippen molar-refractivity contribution in [2.24, 2.45) is 10.8 Å². The molecule has 0 amide bonds. The number of halogens is 1. The minimum atomic E-state index is -0.920. The second-order valence-electron chi connectivity index (χ2n) is 6.39. The molecular formula is C17H20BrNO2. The summed E-state index contributed by atoms with van der Waals surface area (Å²) in [6.07, 6.45) is 2.83. The van der Waals surface area contributed by atoms with Crippen molar-refractivity contribution in [3.63, 3.8) is 0 Å². The normalized spacial score (nSPS) is 24.4. The first-order chi connectivity index (χ1) is 9.84. The van der Waals surface area contributed by atoms with Crippen LogP contribution in [0.25, 0.3) is 0 Å². The van der Waals surface area contributed by atoms with Crippen LogP contribution < -0.4 is 4.74 Å². The number of ketones is 1. The molecule has 2 rings (SSSR count). The summed E-state index contributed by atoms with van der Waals surface area (Å²) in [5.41, 5.74) is -0.391. The maximum Gasteiger partial charge on any atom is 0.158 e. The van der Waals surface area contributed by atoms with E-state index in [1.54, 1.807) is 7.11 Å². The number of nitriles is 1. The molecule has 0 saturated heterocycles. The van der Waals surface area contributed by atoms with Crippen LogP contribution in [0.2, 0.25) is 0 Å². The van der Waals surface area contributed by atoms with Crippen molar-refractivity contribution in [2.45, 2.75) is 39.5 Å². The third kappa shape index (κ3) is 2.98. The lowest BCUT2D eigenvalue weighted by Gasteiger charge is -2.39. The maximum atomic E-state index is 12.8. The number of benzene rings is 1. The Bertz CT molecular complexity index is 603. The van der Waals surface area contributed by atoms with Gasteiger partial charge in [-0.2, -0.15) is 5.26 Å². The molecule has 1 unspecified atom stereocenters. The molecule has 1 aliphatic carbocycles. The van der Waals surface area contributed by atoms with Crippen molar-refractivity contribution < 1.29 is 9.53 Å². The minimum absolute atomic E-state index is 0.0680. The zero-order valence-electron chi connectivity index (χ0n) is 12.7. The topological polar surface area (TPSA) is 50.1 Å². The summed E-state index contributed by atoms with van der Waals surface area (Å²) in [6.45, 7) is 3.89. The lowest BCUT2D eigenvalue weighted by Crippen LogP contribution is -2.45. The highest BCUT2D eigenvalue weighted by molar-refractivity contribution is 9.10. The number of hydrogen-bond donors (Lipinski definition) is 0. The summed E-state index contributed by atoms with van der Waals surface area (Å²) in [5.74, 6) is 0.808. The molecular weight excluding hydrogens is 330 g/mol. The van der Waals surface area contributed by atoms with E-state index >= 15 is 0 Å². The second kappa shape index (κ2) is 5.81. The quantitative estimate of drug-likeness (QED) is 0.817. The van der Waals surface area contributed by atoms with Crippen molar-refractivity contribution in [1.82, 2.24) is 0 Å². The Kier molecular flexibility index (Phi) is 4.43. The lowest BCUT2D eigenvalue weighted by atomic mass is 9.61. The van der Waals surface area contributed by atoms with E-state index in [-0.39, 0.29) is 5.78 Å². The number of Topliss-reactive ketones (excluding diaryl/α,β-unsaturated/α-hetero) is 1. The highest BCUT2D eigenvalue weighted by Gasteiger charge is 2.49.